The third kappa shape index (κ3) is 1.97. The molecule has 0 saturated heterocycles. The van der Waals surface area contributed by atoms with Gasteiger partial charge in [0.15, 0.2) is 8.96 Å². The average molecular weight is 237 g/mol. The van der Waals surface area contributed by atoms with Crippen LogP contribution in [0.15, 0.2) is 30.5 Å². The molecule has 1 aromatic heterocycles. The van der Waals surface area contributed by atoms with E-state index >= 15 is 0 Å². The molecule has 1 aromatic carbocycles. The third-order valence-corrected chi connectivity index (χ3v) is 5.75. The predicted octanol–water partition coefficient (Wildman–Crippen LogP) is 4.17. The van der Waals surface area contributed by atoms with Crippen LogP contribution in [0.25, 0.3) is 10.9 Å². The highest BCUT2D eigenvalue weighted by Crippen LogP contribution is 2.22. The first-order valence-electron chi connectivity index (χ1n) is 5.38. The maximum absolute atomic E-state index is 5.97. The monoisotopic (exact) mass is 236 g/mol. The highest BCUT2D eigenvalue weighted by atomic mass is 35.5. The summed E-state index contributed by atoms with van der Waals surface area (Å²) in [5.74, 6) is 0. The van der Waals surface area contributed by atoms with E-state index in [1.54, 1.807) is 0 Å². The molecular formula is C12H15ClNSi. The molecular weight excluding hydrogens is 222 g/mol. The quantitative estimate of drug-likeness (QED) is 0.705. The number of nitrogens with zero attached hydrogens (tertiary/aromatic N) is 1. The van der Waals surface area contributed by atoms with Crippen molar-refractivity contribution in [2.75, 3.05) is 0 Å². The fraction of sp³-hybridized carbons (Fsp3) is 0.333. The molecule has 0 unspecified atom stereocenters. The van der Waals surface area contributed by atoms with Gasteiger partial charge in [-0.1, -0.05) is 25.4 Å². The van der Waals surface area contributed by atoms with Crippen molar-refractivity contribution in [2.45, 2.75) is 25.9 Å². The van der Waals surface area contributed by atoms with Crippen molar-refractivity contribution in [2.24, 2.45) is 0 Å². The zero-order chi connectivity index (χ0) is 10.8. The third-order valence-electron chi connectivity index (χ3n) is 2.81. The van der Waals surface area contributed by atoms with Crippen LogP contribution in [0.2, 0.25) is 17.1 Å². The summed E-state index contributed by atoms with van der Waals surface area (Å²) in [6.45, 7) is 4.55. The first kappa shape index (κ1) is 10.8. The van der Waals surface area contributed by atoms with Crippen LogP contribution >= 0.6 is 11.6 Å². The summed E-state index contributed by atoms with van der Waals surface area (Å²) in [6.07, 6.45) is 2.21. The lowest BCUT2D eigenvalue weighted by molar-refractivity contribution is 1.15. The Labute approximate surface area is 97.4 Å². The number of rotatable bonds is 3. The fourth-order valence-corrected chi connectivity index (χ4v) is 4.17. The SMILES string of the molecule is CC[Si](CC)n1ccc2cc(Cl)ccc21. The molecule has 0 fully saturated rings. The Kier molecular flexibility index (Phi) is 3.17. The van der Waals surface area contributed by atoms with E-state index in [9.17, 15) is 0 Å². The Hall–Kier alpha value is -0.733. The molecule has 2 rings (SSSR count). The number of benzene rings is 1. The van der Waals surface area contributed by atoms with Gasteiger partial charge in [-0.3, -0.25) is 0 Å². The molecule has 2 aromatic rings. The zero-order valence-corrected chi connectivity index (χ0v) is 10.9. The van der Waals surface area contributed by atoms with Crippen LogP contribution in [-0.4, -0.2) is 13.2 Å². The number of fused-ring (bicyclic) bond motifs is 1. The van der Waals surface area contributed by atoms with Crippen LogP contribution in [0.5, 0.6) is 0 Å². The second kappa shape index (κ2) is 4.41. The normalized spacial score (nSPS) is 11.5. The van der Waals surface area contributed by atoms with Gasteiger partial charge in [0.1, 0.15) is 0 Å². The van der Waals surface area contributed by atoms with E-state index in [1.165, 1.54) is 23.0 Å². The van der Waals surface area contributed by atoms with E-state index in [4.69, 9.17) is 11.6 Å². The van der Waals surface area contributed by atoms with Crippen molar-refractivity contribution in [3.8, 4) is 0 Å². The lowest BCUT2D eigenvalue weighted by Gasteiger charge is -2.13. The minimum atomic E-state index is -0.422. The molecule has 0 bridgehead atoms. The summed E-state index contributed by atoms with van der Waals surface area (Å²) in [7, 11) is -0.422. The minimum Gasteiger partial charge on any atom is -0.374 e. The molecule has 0 amide bonds. The smallest absolute Gasteiger partial charge is 0.174 e. The summed E-state index contributed by atoms with van der Waals surface area (Å²) < 4.78 is 2.45. The summed E-state index contributed by atoms with van der Waals surface area (Å²) >= 11 is 5.97. The van der Waals surface area contributed by atoms with E-state index in [1.807, 2.05) is 12.1 Å². The molecule has 0 aliphatic rings. The molecule has 0 atom stereocenters. The van der Waals surface area contributed by atoms with Gasteiger partial charge in [-0.15, -0.1) is 0 Å². The predicted molar refractivity (Wildman–Crippen MR) is 69.1 cm³/mol. The molecule has 0 saturated carbocycles. The van der Waals surface area contributed by atoms with E-state index in [0.717, 1.165) is 5.02 Å². The molecule has 0 spiro atoms. The Morgan fingerprint density at radius 2 is 1.93 bits per heavy atom. The Balaban J connectivity index is 2.53. The number of hydrogen-bond acceptors (Lipinski definition) is 0. The van der Waals surface area contributed by atoms with Gasteiger partial charge in [-0.05, 0) is 42.6 Å². The fourth-order valence-electron chi connectivity index (χ4n) is 1.98. The van der Waals surface area contributed by atoms with Crippen molar-refractivity contribution >= 4 is 31.5 Å². The molecule has 1 nitrogen and oxygen atoms in total. The van der Waals surface area contributed by atoms with Crippen LogP contribution in [0, 0.1) is 0 Å². The second-order valence-electron chi connectivity index (χ2n) is 3.66. The maximum Gasteiger partial charge on any atom is 0.174 e. The van der Waals surface area contributed by atoms with Gasteiger partial charge in [0.05, 0.1) is 0 Å². The van der Waals surface area contributed by atoms with Gasteiger partial charge in [0.25, 0.3) is 0 Å². The maximum atomic E-state index is 5.97. The van der Waals surface area contributed by atoms with Crippen molar-refractivity contribution in [1.82, 2.24) is 4.23 Å². The van der Waals surface area contributed by atoms with Crippen molar-refractivity contribution in [3.05, 3.63) is 35.5 Å². The Bertz CT molecular complexity index is 460. The minimum absolute atomic E-state index is 0.422. The van der Waals surface area contributed by atoms with E-state index in [-0.39, 0.29) is 0 Å². The lowest BCUT2D eigenvalue weighted by atomic mass is 10.2. The largest absolute Gasteiger partial charge is 0.374 e. The summed E-state index contributed by atoms with van der Waals surface area (Å²) in [6, 6.07) is 10.9. The Morgan fingerprint density at radius 1 is 1.20 bits per heavy atom. The molecule has 1 heterocycles. The second-order valence-corrected chi connectivity index (χ2v) is 7.13. The van der Waals surface area contributed by atoms with Gasteiger partial charge < -0.3 is 4.23 Å². The van der Waals surface area contributed by atoms with Gasteiger partial charge in [0.2, 0.25) is 0 Å². The highest BCUT2D eigenvalue weighted by Gasteiger charge is 2.11. The molecule has 0 aliphatic carbocycles. The van der Waals surface area contributed by atoms with E-state index in [0.29, 0.717) is 0 Å². The van der Waals surface area contributed by atoms with Gasteiger partial charge in [-0.25, -0.2) is 0 Å². The molecule has 0 N–H and O–H groups in total. The van der Waals surface area contributed by atoms with Gasteiger partial charge >= 0.3 is 0 Å². The molecule has 1 radical (unpaired) electrons. The van der Waals surface area contributed by atoms with Crippen LogP contribution < -0.4 is 0 Å². The van der Waals surface area contributed by atoms with E-state index < -0.39 is 8.96 Å². The lowest BCUT2D eigenvalue weighted by Crippen LogP contribution is -2.20. The summed E-state index contributed by atoms with van der Waals surface area (Å²) in [5, 5.41) is 2.08. The first-order chi connectivity index (χ1) is 7.26. The number of hydrogen-bond donors (Lipinski definition) is 0. The van der Waals surface area contributed by atoms with Crippen molar-refractivity contribution in [1.29, 1.82) is 0 Å². The molecule has 15 heavy (non-hydrogen) atoms. The van der Waals surface area contributed by atoms with Crippen molar-refractivity contribution < 1.29 is 0 Å². The number of halogens is 1. The van der Waals surface area contributed by atoms with E-state index in [2.05, 4.69) is 36.4 Å². The number of aromatic nitrogens is 1. The molecule has 0 aliphatic heterocycles. The van der Waals surface area contributed by atoms with Crippen LogP contribution in [0.1, 0.15) is 13.8 Å². The average Bonchev–Trinajstić information content (AvgIpc) is 2.63. The summed E-state index contributed by atoms with van der Waals surface area (Å²) in [4.78, 5) is 0. The Morgan fingerprint density at radius 3 is 2.60 bits per heavy atom. The van der Waals surface area contributed by atoms with Gasteiger partial charge in [0, 0.05) is 15.9 Å². The topological polar surface area (TPSA) is 4.93 Å². The van der Waals surface area contributed by atoms with Crippen LogP contribution in [-0.2, 0) is 0 Å². The molecule has 79 valence electrons. The van der Waals surface area contributed by atoms with Gasteiger partial charge in [-0.2, -0.15) is 0 Å². The van der Waals surface area contributed by atoms with Crippen LogP contribution in [0.4, 0.5) is 0 Å². The summed E-state index contributed by atoms with van der Waals surface area (Å²) in [5.41, 5.74) is 1.33. The highest BCUT2D eigenvalue weighted by molar-refractivity contribution is 6.58. The zero-order valence-electron chi connectivity index (χ0n) is 9.13. The van der Waals surface area contributed by atoms with Crippen LogP contribution in [0.3, 0.4) is 0 Å². The first-order valence-corrected chi connectivity index (χ1v) is 7.62. The molecule has 3 heteroatoms. The standard InChI is InChI=1S/C12H15ClNSi/c1-3-15(4-2)14-8-7-10-9-11(13)5-6-12(10)14/h5-9H,3-4H2,1-2H3. The van der Waals surface area contributed by atoms with Crippen molar-refractivity contribution in [3.63, 3.8) is 0 Å².